The van der Waals surface area contributed by atoms with Gasteiger partial charge < -0.3 is 17.3 Å². The quantitative estimate of drug-likeness (QED) is 0.401. The maximum Gasteiger partial charge on any atom is 0.673 e. The van der Waals surface area contributed by atoms with Crippen LogP contribution in [0.25, 0.3) is 0 Å². The number of azo groups is 2. The lowest BCUT2D eigenvalue weighted by Gasteiger charge is -2.17. The molecule has 25 heavy (non-hydrogen) atoms. The minimum Gasteiger partial charge on any atom is -0.418 e. The van der Waals surface area contributed by atoms with E-state index in [2.05, 4.69) is 5.32 Å². The highest BCUT2D eigenvalue weighted by Crippen LogP contribution is 2.54. The normalized spacial score (nSPS) is 22.0. The third kappa shape index (κ3) is 4.26. The minimum absolute atomic E-state index is 0.165. The smallest absolute Gasteiger partial charge is 0.418 e. The first-order valence-electron chi connectivity index (χ1n) is 7.77. The average Bonchev–Trinajstić information content (AvgIpc) is 3.37. The van der Waals surface area contributed by atoms with Crippen molar-refractivity contribution in [2.75, 3.05) is 0 Å². The first kappa shape index (κ1) is 18.4. The van der Waals surface area contributed by atoms with E-state index in [0.717, 1.165) is 25.7 Å². The number of benzene rings is 1. The third-order valence-corrected chi connectivity index (χ3v) is 5.05. The molecule has 0 atom stereocenters. The molecule has 1 N–H and O–H groups in total. The molecule has 0 aromatic heterocycles. The number of amides is 2. The summed E-state index contributed by atoms with van der Waals surface area (Å²) in [5.74, 6) is 0.985. The lowest BCUT2D eigenvalue weighted by molar-refractivity contribution is -0.404. The summed E-state index contributed by atoms with van der Waals surface area (Å²) < 4.78 is 40.4. The molecule has 1 aromatic rings. The average molecular weight is 398 g/mol. The van der Waals surface area contributed by atoms with Gasteiger partial charge in [-0.15, -0.1) is 0 Å². The SMILES string of the molecule is F[B-](F)(F)F.O=C1NC(C2CC2)(C2CC2)N=[N+]1c1ccc(Cl)c(Cl)c1. The van der Waals surface area contributed by atoms with E-state index in [0.29, 0.717) is 27.6 Å². The number of hydrogen-bond donors (Lipinski definition) is 1. The Labute approximate surface area is 151 Å². The summed E-state index contributed by atoms with van der Waals surface area (Å²) in [6.07, 6.45) is 4.59. The summed E-state index contributed by atoms with van der Waals surface area (Å²) in [6.45, 7) is 0. The van der Waals surface area contributed by atoms with Gasteiger partial charge in [0.2, 0.25) is 5.66 Å². The van der Waals surface area contributed by atoms with Gasteiger partial charge in [0.05, 0.1) is 10.0 Å². The van der Waals surface area contributed by atoms with Crippen LogP contribution in [-0.2, 0) is 0 Å². The number of nitrogens with one attached hydrogen (secondary N) is 1. The second kappa shape index (κ2) is 6.43. The highest BCUT2D eigenvalue weighted by Gasteiger charge is 2.64. The number of urea groups is 1. The second-order valence-electron chi connectivity index (χ2n) is 6.31. The summed E-state index contributed by atoms with van der Waals surface area (Å²) in [4.78, 5) is 12.3. The van der Waals surface area contributed by atoms with Crippen molar-refractivity contribution in [2.45, 2.75) is 31.3 Å². The lowest BCUT2D eigenvalue weighted by atomic mass is 10.00. The Kier molecular flexibility index (Phi) is 4.74. The molecule has 1 heterocycles. The van der Waals surface area contributed by atoms with Gasteiger partial charge in [-0.3, -0.25) is 0 Å². The van der Waals surface area contributed by atoms with Crippen molar-refractivity contribution in [1.82, 2.24) is 5.32 Å². The van der Waals surface area contributed by atoms with Crippen LogP contribution in [-0.4, -0.2) is 23.6 Å². The molecule has 2 fully saturated rings. The van der Waals surface area contributed by atoms with E-state index >= 15 is 0 Å². The van der Waals surface area contributed by atoms with Gasteiger partial charge in [-0.1, -0.05) is 33.0 Å². The van der Waals surface area contributed by atoms with Crippen LogP contribution >= 0.6 is 23.2 Å². The molecule has 0 saturated heterocycles. The van der Waals surface area contributed by atoms with Crippen molar-refractivity contribution in [3.63, 3.8) is 0 Å². The van der Waals surface area contributed by atoms with E-state index in [-0.39, 0.29) is 11.7 Å². The monoisotopic (exact) mass is 397 g/mol. The van der Waals surface area contributed by atoms with E-state index < -0.39 is 7.25 Å². The number of carbonyl (C=O) groups is 1. The molecule has 136 valence electrons. The highest BCUT2D eigenvalue weighted by atomic mass is 35.5. The standard InChI is InChI=1S/C14H13Cl2N3O.BF4/c15-11-6-5-10(7-12(11)16)19-13(20)17-14(18-19,8-1-2-8)9-3-4-9;2-1(3,4)5/h5-9H,1-4H2;/q;-1/p+1. The second-order valence-corrected chi connectivity index (χ2v) is 7.12. The Balaban J connectivity index is 0.000000324. The van der Waals surface area contributed by atoms with Gasteiger partial charge in [0.1, 0.15) is 0 Å². The van der Waals surface area contributed by atoms with Gasteiger partial charge in [0.15, 0.2) is 5.69 Å². The van der Waals surface area contributed by atoms with Crippen LogP contribution in [0.4, 0.5) is 27.7 Å². The molecule has 2 saturated carbocycles. The lowest BCUT2D eigenvalue weighted by Crippen LogP contribution is -2.46. The fourth-order valence-corrected chi connectivity index (χ4v) is 3.29. The van der Waals surface area contributed by atoms with Crippen LogP contribution in [0.5, 0.6) is 0 Å². The molecular weight excluding hydrogens is 384 g/mol. The zero-order valence-corrected chi connectivity index (χ0v) is 14.4. The van der Waals surface area contributed by atoms with Gasteiger partial charge in [0.25, 0.3) is 0 Å². The Bertz CT molecular complexity index is 717. The summed E-state index contributed by atoms with van der Waals surface area (Å²) in [5, 5.41) is 8.77. The molecular formula is C14H14BCl2F4N3O. The van der Waals surface area contributed by atoms with Crippen molar-refractivity contribution in [3.05, 3.63) is 28.2 Å². The predicted octanol–water partition coefficient (Wildman–Crippen LogP) is 5.63. The summed E-state index contributed by atoms with van der Waals surface area (Å²) >= 11 is 11.9. The largest absolute Gasteiger partial charge is 0.673 e. The first-order chi connectivity index (χ1) is 11.6. The highest BCUT2D eigenvalue weighted by molar-refractivity contribution is 6.50. The fourth-order valence-electron chi connectivity index (χ4n) is 3.00. The molecule has 0 radical (unpaired) electrons. The summed E-state index contributed by atoms with van der Waals surface area (Å²) in [5.41, 5.74) is 0.295. The minimum atomic E-state index is -6.00. The summed E-state index contributed by atoms with van der Waals surface area (Å²) in [6, 6.07) is 4.98. The van der Waals surface area contributed by atoms with E-state index in [1.165, 1.54) is 4.70 Å². The van der Waals surface area contributed by atoms with Crippen LogP contribution in [0.15, 0.2) is 23.3 Å². The van der Waals surface area contributed by atoms with Crippen LogP contribution in [0.2, 0.25) is 10.0 Å². The van der Waals surface area contributed by atoms with Gasteiger partial charge in [0, 0.05) is 17.9 Å². The van der Waals surface area contributed by atoms with E-state index in [9.17, 15) is 22.1 Å². The van der Waals surface area contributed by atoms with E-state index in [1.807, 2.05) is 0 Å². The van der Waals surface area contributed by atoms with Crippen molar-refractivity contribution in [3.8, 4) is 0 Å². The molecule has 0 unspecified atom stereocenters. The van der Waals surface area contributed by atoms with Crippen molar-refractivity contribution in [1.29, 1.82) is 0 Å². The fraction of sp³-hybridized carbons (Fsp3) is 0.500. The number of hydrogen-bond acceptors (Lipinski definition) is 2. The van der Waals surface area contributed by atoms with Gasteiger partial charge >= 0.3 is 13.3 Å². The zero-order chi connectivity index (χ0) is 18.4. The number of carbonyl (C=O) groups excluding carboxylic acids is 1. The zero-order valence-electron chi connectivity index (χ0n) is 12.9. The molecule has 0 spiro atoms. The molecule has 0 bridgehead atoms. The molecule has 4 nitrogen and oxygen atoms in total. The molecule has 2 amide bonds. The van der Waals surface area contributed by atoms with E-state index in [1.54, 1.807) is 18.2 Å². The number of halogens is 6. The Morgan fingerprint density at radius 1 is 1.08 bits per heavy atom. The maximum atomic E-state index is 12.3. The van der Waals surface area contributed by atoms with Crippen LogP contribution in [0.1, 0.15) is 25.7 Å². The molecule has 1 aromatic carbocycles. The predicted molar refractivity (Wildman–Crippen MR) is 85.7 cm³/mol. The maximum absolute atomic E-state index is 12.3. The number of rotatable bonds is 3. The Morgan fingerprint density at radius 2 is 1.60 bits per heavy atom. The van der Waals surface area contributed by atoms with Crippen LogP contribution < -0.4 is 5.32 Å². The summed E-state index contributed by atoms with van der Waals surface area (Å²) in [7, 11) is -6.00. The van der Waals surface area contributed by atoms with E-state index in [4.69, 9.17) is 28.3 Å². The topological polar surface area (TPSA) is 44.5 Å². The third-order valence-electron chi connectivity index (χ3n) is 4.31. The van der Waals surface area contributed by atoms with Crippen LogP contribution in [0.3, 0.4) is 0 Å². The van der Waals surface area contributed by atoms with Gasteiger partial charge in [-0.25, -0.2) is 5.32 Å². The van der Waals surface area contributed by atoms with Gasteiger partial charge in [-0.05, 0) is 37.8 Å². The molecule has 3 aliphatic rings. The van der Waals surface area contributed by atoms with Crippen molar-refractivity contribution in [2.24, 2.45) is 17.0 Å². The Hall–Kier alpha value is -1.35. The molecule has 4 rings (SSSR count). The van der Waals surface area contributed by atoms with Crippen molar-refractivity contribution < 1.29 is 26.8 Å². The molecule has 2 aliphatic carbocycles. The Morgan fingerprint density at radius 3 is 2.04 bits per heavy atom. The molecule has 11 heteroatoms. The van der Waals surface area contributed by atoms with Crippen LogP contribution in [0, 0.1) is 11.8 Å². The number of nitrogens with zero attached hydrogens (tertiary/aromatic N) is 2. The van der Waals surface area contributed by atoms with Crippen molar-refractivity contribution >= 4 is 42.2 Å². The van der Waals surface area contributed by atoms with Gasteiger partial charge in [-0.2, -0.15) is 4.79 Å². The molecule has 1 aliphatic heterocycles. The first-order valence-corrected chi connectivity index (χ1v) is 8.53.